The lowest BCUT2D eigenvalue weighted by Gasteiger charge is -2.14. The second kappa shape index (κ2) is 7.21. The van der Waals surface area contributed by atoms with Gasteiger partial charge >= 0.3 is 0 Å². The molecule has 7 heteroatoms. The summed E-state index contributed by atoms with van der Waals surface area (Å²) in [5, 5.41) is 8.65. The van der Waals surface area contributed by atoms with Gasteiger partial charge in [0.1, 0.15) is 0 Å². The zero-order chi connectivity index (χ0) is 14.3. The molecule has 0 heterocycles. The number of nitrogens with one attached hydrogen (secondary N) is 1. The van der Waals surface area contributed by atoms with Crippen LogP contribution in [0.25, 0.3) is 0 Å². The Labute approximate surface area is 113 Å². The number of hydrogen-bond donors (Lipinski definition) is 1. The highest BCUT2D eigenvalue weighted by Gasteiger charge is 2.14. The molecule has 0 saturated heterocycles. The van der Waals surface area contributed by atoms with Crippen LogP contribution in [0, 0.1) is 11.3 Å². The number of nitriles is 1. The lowest BCUT2D eigenvalue weighted by Crippen LogP contribution is -2.34. The molecule has 0 fully saturated rings. The van der Waals surface area contributed by atoms with Crippen LogP contribution in [0.2, 0.25) is 0 Å². The number of ether oxygens (including phenoxy) is 2. The molecule has 0 saturated carbocycles. The van der Waals surface area contributed by atoms with Crippen molar-refractivity contribution in [3.8, 4) is 6.07 Å². The summed E-state index contributed by atoms with van der Waals surface area (Å²) < 4.78 is 35.8. The fourth-order valence-corrected chi connectivity index (χ4v) is 2.53. The van der Waals surface area contributed by atoms with E-state index in [9.17, 15) is 8.42 Å². The highest BCUT2D eigenvalue weighted by Crippen LogP contribution is 2.07. The average Bonchev–Trinajstić information content (AvgIpc) is 2.40. The first-order valence-corrected chi connectivity index (χ1v) is 7.18. The quantitative estimate of drug-likeness (QED) is 0.741. The number of sulfonamides is 1. The maximum absolute atomic E-state index is 11.8. The minimum Gasteiger partial charge on any atom is -0.355 e. The van der Waals surface area contributed by atoms with Crippen molar-refractivity contribution in [2.75, 3.05) is 20.8 Å². The van der Waals surface area contributed by atoms with Crippen molar-refractivity contribution in [3.63, 3.8) is 0 Å². The third-order valence-electron chi connectivity index (χ3n) is 2.44. The van der Waals surface area contributed by atoms with Crippen LogP contribution in [-0.4, -0.2) is 35.5 Å². The Morgan fingerprint density at radius 1 is 1.26 bits per heavy atom. The Morgan fingerprint density at radius 3 is 2.32 bits per heavy atom. The lowest BCUT2D eigenvalue weighted by atomic mass is 10.2. The van der Waals surface area contributed by atoms with Crippen molar-refractivity contribution in [3.05, 3.63) is 35.4 Å². The second-order valence-electron chi connectivity index (χ2n) is 3.82. The van der Waals surface area contributed by atoms with Crippen LogP contribution in [-0.2, 0) is 25.2 Å². The van der Waals surface area contributed by atoms with Gasteiger partial charge in [-0.05, 0) is 17.7 Å². The van der Waals surface area contributed by atoms with E-state index in [0.717, 1.165) is 0 Å². The standard InChI is InChI=1S/C12H16N2O4S/c1-17-12(18-2)8-14-19(15,16)9-11-5-3-10(7-13)4-6-11/h3-6,12,14H,8-9H2,1-2H3. The van der Waals surface area contributed by atoms with E-state index in [4.69, 9.17) is 14.7 Å². The Morgan fingerprint density at radius 2 is 1.84 bits per heavy atom. The third-order valence-corrected chi connectivity index (χ3v) is 3.76. The predicted molar refractivity (Wildman–Crippen MR) is 69.6 cm³/mol. The summed E-state index contributed by atoms with van der Waals surface area (Å²) >= 11 is 0. The topological polar surface area (TPSA) is 88.4 Å². The highest BCUT2D eigenvalue weighted by molar-refractivity contribution is 7.88. The number of methoxy groups -OCH3 is 2. The molecule has 1 rings (SSSR count). The van der Waals surface area contributed by atoms with Gasteiger partial charge in [0.25, 0.3) is 0 Å². The molecule has 1 aromatic carbocycles. The molecular formula is C12H16N2O4S. The van der Waals surface area contributed by atoms with Crippen LogP contribution in [0.5, 0.6) is 0 Å². The molecule has 0 aliphatic carbocycles. The van der Waals surface area contributed by atoms with E-state index in [2.05, 4.69) is 4.72 Å². The first kappa shape index (κ1) is 15.6. The van der Waals surface area contributed by atoms with Crippen molar-refractivity contribution in [2.45, 2.75) is 12.0 Å². The van der Waals surface area contributed by atoms with Gasteiger partial charge in [0.15, 0.2) is 6.29 Å². The van der Waals surface area contributed by atoms with E-state index < -0.39 is 16.3 Å². The molecule has 6 nitrogen and oxygen atoms in total. The fourth-order valence-electron chi connectivity index (χ4n) is 1.40. The number of rotatable bonds is 7. The van der Waals surface area contributed by atoms with Crippen LogP contribution in [0.3, 0.4) is 0 Å². The Hall–Kier alpha value is -1.46. The molecule has 0 amide bonds. The van der Waals surface area contributed by atoms with E-state index in [1.807, 2.05) is 6.07 Å². The van der Waals surface area contributed by atoms with Crippen LogP contribution in [0.15, 0.2) is 24.3 Å². The van der Waals surface area contributed by atoms with Gasteiger partial charge in [-0.15, -0.1) is 0 Å². The van der Waals surface area contributed by atoms with E-state index >= 15 is 0 Å². The molecule has 0 aromatic heterocycles. The third kappa shape index (κ3) is 5.36. The van der Waals surface area contributed by atoms with Gasteiger partial charge in [-0.25, -0.2) is 13.1 Å². The van der Waals surface area contributed by atoms with Crippen LogP contribution in [0.1, 0.15) is 11.1 Å². The highest BCUT2D eigenvalue weighted by atomic mass is 32.2. The van der Waals surface area contributed by atoms with Gasteiger partial charge in [0, 0.05) is 14.2 Å². The van der Waals surface area contributed by atoms with Crippen molar-refractivity contribution in [2.24, 2.45) is 0 Å². The Kier molecular flexibility index (Phi) is 5.92. The number of nitrogens with zero attached hydrogens (tertiary/aromatic N) is 1. The molecule has 0 unspecified atom stereocenters. The van der Waals surface area contributed by atoms with Gasteiger partial charge in [0.2, 0.25) is 10.0 Å². The SMILES string of the molecule is COC(CNS(=O)(=O)Cc1ccc(C#N)cc1)OC. The molecule has 19 heavy (non-hydrogen) atoms. The Bertz CT molecular complexity index is 530. The second-order valence-corrected chi connectivity index (χ2v) is 5.62. The largest absolute Gasteiger partial charge is 0.355 e. The number of hydrogen-bond acceptors (Lipinski definition) is 5. The van der Waals surface area contributed by atoms with Gasteiger partial charge in [-0.1, -0.05) is 12.1 Å². The van der Waals surface area contributed by atoms with Gasteiger partial charge < -0.3 is 9.47 Å². The smallest absolute Gasteiger partial charge is 0.215 e. The maximum atomic E-state index is 11.8. The van der Waals surface area contributed by atoms with E-state index in [0.29, 0.717) is 11.1 Å². The minimum atomic E-state index is -3.46. The summed E-state index contributed by atoms with van der Waals surface area (Å²) in [5.41, 5.74) is 1.10. The molecule has 0 aliphatic heterocycles. The van der Waals surface area contributed by atoms with E-state index in [-0.39, 0.29) is 12.3 Å². The molecule has 0 spiro atoms. The van der Waals surface area contributed by atoms with Crippen LogP contribution >= 0.6 is 0 Å². The fraction of sp³-hybridized carbons (Fsp3) is 0.417. The first-order chi connectivity index (χ1) is 9.00. The van der Waals surface area contributed by atoms with E-state index in [1.54, 1.807) is 24.3 Å². The van der Waals surface area contributed by atoms with Gasteiger partial charge in [0.05, 0.1) is 23.9 Å². The minimum absolute atomic E-state index is 0.0472. The molecule has 0 radical (unpaired) electrons. The molecular weight excluding hydrogens is 268 g/mol. The van der Waals surface area contributed by atoms with Crippen molar-refractivity contribution >= 4 is 10.0 Å². The predicted octanol–water partition coefficient (Wildman–Crippen LogP) is 0.597. The van der Waals surface area contributed by atoms with Crippen molar-refractivity contribution in [1.82, 2.24) is 4.72 Å². The zero-order valence-electron chi connectivity index (χ0n) is 10.8. The monoisotopic (exact) mass is 284 g/mol. The maximum Gasteiger partial charge on any atom is 0.215 e. The Balaban J connectivity index is 2.61. The normalized spacial score (nSPS) is 11.5. The summed E-state index contributed by atoms with van der Waals surface area (Å²) in [6, 6.07) is 8.36. The van der Waals surface area contributed by atoms with Crippen molar-refractivity contribution in [1.29, 1.82) is 5.26 Å². The van der Waals surface area contributed by atoms with Crippen LogP contribution < -0.4 is 4.72 Å². The summed E-state index contributed by atoms with van der Waals surface area (Å²) in [6.45, 7) is 0.0472. The molecule has 104 valence electrons. The summed E-state index contributed by atoms with van der Waals surface area (Å²) in [5.74, 6) is -0.154. The molecule has 0 bridgehead atoms. The molecule has 0 atom stereocenters. The summed E-state index contributed by atoms with van der Waals surface area (Å²) in [7, 11) is -0.595. The number of benzene rings is 1. The summed E-state index contributed by atoms with van der Waals surface area (Å²) in [6.07, 6.45) is -0.615. The lowest BCUT2D eigenvalue weighted by molar-refractivity contribution is -0.0960. The first-order valence-electron chi connectivity index (χ1n) is 5.52. The zero-order valence-corrected chi connectivity index (χ0v) is 11.6. The van der Waals surface area contributed by atoms with Crippen molar-refractivity contribution < 1.29 is 17.9 Å². The summed E-state index contributed by atoms with van der Waals surface area (Å²) in [4.78, 5) is 0. The van der Waals surface area contributed by atoms with Gasteiger partial charge in [-0.2, -0.15) is 5.26 Å². The molecule has 1 aromatic rings. The van der Waals surface area contributed by atoms with E-state index in [1.165, 1.54) is 14.2 Å². The molecule has 1 N–H and O–H groups in total. The molecule has 0 aliphatic rings. The van der Waals surface area contributed by atoms with Gasteiger partial charge in [-0.3, -0.25) is 0 Å². The average molecular weight is 284 g/mol. The van der Waals surface area contributed by atoms with Crippen LogP contribution in [0.4, 0.5) is 0 Å².